The molecule has 1 fully saturated rings. The van der Waals surface area contributed by atoms with Crippen molar-refractivity contribution < 1.29 is 0 Å². The maximum Gasteiger partial charge on any atom is 0.0159 e. The van der Waals surface area contributed by atoms with Crippen LogP contribution in [0.25, 0.3) is 0 Å². The Bertz CT molecular complexity index is 62.8. The van der Waals surface area contributed by atoms with Gasteiger partial charge in [0.05, 0.1) is 0 Å². The fraction of sp³-hybridized carbons (Fsp3) is 1.00. The lowest BCUT2D eigenvalue weighted by atomic mass is 9.94. The van der Waals surface area contributed by atoms with Crippen molar-refractivity contribution in [3.05, 3.63) is 0 Å². The van der Waals surface area contributed by atoms with Gasteiger partial charge in [-0.1, -0.05) is 13.8 Å². The van der Waals surface area contributed by atoms with E-state index in [9.17, 15) is 0 Å². The predicted molar refractivity (Wildman–Crippen MR) is 34.8 cm³/mol. The van der Waals surface area contributed by atoms with Crippen LogP contribution < -0.4 is 5.32 Å². The van der Waals surface area contributed by atoms with E-state index >= 15 is 0 Å². The molecule has 0 aliphatic carbocycles. The lowest BCUT2D eigenvalue weighted by Crippen LogP contribution is -2.28. The summed E-state index contributed by atoms with van der Waals surface area (Å²) in [6, 6.07) is 0. The normalized spacial score (nSPS) is 39.8. The van der Waals surface area contributed by atoms with Gasteiger partial charge in [-0.05, 0) is 18.3 Å². The smallest absolute Gasteiger partial charge is 0.0159 e. The molecular weight excluding hydrogens is 98.1 g/mol. The SMILES string of the molecule is C[C@H]1C[N]C[C@H](C)C1. The van der Waals surface area contributed by atoms with Crippen molar-refractivity contribution in [2.75, 3.05) is 13.1 Å². The summed E-state index contributed by atoms with van der Waals surface area (Å²) in [6.45, 7) is 6.76. The van der Waals surface area contributed by atoms with Gasteiger partial charge in [0.15, 0.2) is 0 Å². The predicted octanol–water partition coefficient (Wildman–Crippen LogP) is 1.27. The van der Waals surface area contributed by atoms with Crippen molar-refractivity contribution >= 4 is 0 Å². The largest absolute Gasteiger partial charge is 0.241 e. The van der Waals surface area contributed by atoms with Crippen LogP contribution in [-0.4, -0.2) is 13.1 Å². The molecule has 0 N–H and O–H groups in total. The van der Waals surface area contributed by atoms with Crippen LogP contribution in [0.4, 0.5) is 0 Å². The third-order valence-electron chi connectivity index (χ3n) is 1.69. The molecule has 1 rings (SSSR count). The molecule has 47 valence electrons. The number of piperidine rings is 1. The van der Waals surface area contributed by atoms with Gasteiger partial charge in [-0.3, -0.25) is 0 Å². The number of hydrogen-bond donors (Lipinski definition) is 0. The Balaban J connectivity index is 2.23. The van der Waals surface area contributed by atoms with E-state index in [1.165, 1.54) is 6.42 Å². The van der Waals surface area contributed by atoms with Crippen LogP contribution in [0.3, 0.4) is 0 Å². The average molecular weight is 112 g/mol. The van der Waals surface area contributed by atoms with Gasteiger partial charge < -0.3 is 0 Å². The van der Waals surface area contributed by atoms with E-state index in [0.717, 1.165) is 24.9 Å². The van der Waals surface area contributed by atoms with Crippen LogP contribution in [0, 0.1) is 11.8 Å². The molecule has 0 aromatic rings. The number of nitrogens with zero attached hydrogens (tertiary/aromatic N) is 1. The van der Waals surface area contributed by atoms with E-state index in [-0.39, 0.29) is 0 Å². The van der Waals surface area contributed by atoms with Crippen molar-refractivity contribution in [2.24, 2.45) is 11.8 Å². The minimum absolute atomic E-state index is 0.846. The van der Waals surface area contributed by atoms with Crippen molar-refractivity contribution in [1.29, 1.82) is 0 Å². The monoisotopic (exact) mass is 112 g/mol. The van der Waals surface area contributed by atoms with Crippen molar-refractivity contribution in [3.63, 3.8) is 0 Å². The fourth-order valence-corrected chi connectivity index (χ4v) is 1.35. The molecule has 0 aromatic carbocycles. The lowest BCUT2D eigenvalue weighted by Gasteiger charge is -2.22. The molecule has 2 atom stereocenters. The molecule has 1 heterocycles. The first-order chi connectivity index (χ1) is 3.79. The molecule has 1 nitrogen and oxygen atoms in total. The van der Waals surface area contributed by atoms with E-state index in [2.05, 4.69) is 19.2 Å². The van der Waals surface area contributed by atoms with Gasteiger partial charge in [-0.2, -0.15) is 0 Å². The number of rotatable bonds is 0. The van der Waals surface area contributed by atoms with Crippen LogP contribution in [0.2, 0.25) is 0 Å². The molecule has 1 aliphatic heterocycles. The topological polar surface area (TPSA) is 14.1 Å². The summed E-state index contributed by atoms with van der Waals surface area (Å²) in [5, 5.41) is 4.34. The second-order valence-electron chi connectivity index (χ2n) is 3.03. The average Bonchev–Trinajstić information content (AvgIpc) is 1.64. The molecule has 1 radical (unpaired) electrons. The Morgan fingerprint density at radius 3 is 1.88 bits per heavy atom. The van der Waals surface area contributed by atoms with Crippen LogP contribution in [0.5, 0.6) is 0 Å². The minimum Gasteiger partial charge on any atom is -0.241 e. The zero-order valence-electron chi connectivity index (χ0n) is 5.72. The van der Waals surface area contributed by atoms with Gasteiger partial charge in [0.1, 0.15) is 0 Å². The van der Waals surface area contributed by atoms with Crippen molar-refractivity contribution in [3.8, 4) is 0 Å². The molecule has 0 aromatic heterocycles. The molecule has 0 unspecified atom stereocenters. The first-order valence-electron chi connectivity index (χ1n) is 3.42. The van der Waals surface area contributed by atoms with Crippen LogP contribution in [0.15, 0.2) is 0 Å². The Kier molecular flexibility index (Phi) is 1.90. The Morgan fingerprint density at radius 2 is 1.62 bits per heavy atom. The Hall–Kier alpha value is -0.0400. The van der Waals surface area contributed by atoms with Gasteiger partial charge in [0, 0.05) is 13.1 Å². The molecule has 1 saturated heterocycles. The summed E-state index contributed by atoms with van der Waals surface area (Å²) in [6.07, 6.45) is 1.38. The zero-order valence-corrected chi connectivity index (χ0v) is 5.72. The highest BCUT2D eigenvalue weighted by atomic mass is 14.9. The fourth-order valence-electron chi connectivity index (χ4n) is 1.35. The lowest BCUT2D eigenvalue weighted by molar-refractivity contribution is 0.316. The van der Waals surface area contributed by atoms with E-state index in [1.54, 1.807) is 0 Å². The van der Waals surface area contributed by atoms with Gasteiger partial charge in [-0.15, -0.1) is 0 Å². The highest BCUT2D eigenvalue weighted by molar-refractivity contribution is 4.69. The zero-order chi connectivity index (χ0) is 5.98. The van der Waals surface area contributed by atoms with Crippen LogP contribution in [0.1, 0.15) is 20.3 Å². The van der Waals surface area contributed by atoms with Gasteiger partial charge in [0.25, 0.3) is 0 Å². The molecule has 1 heteroatoms. The summed E-state index contributed by atoms with van der Waals surface area (Å²) < 4.78 is 0. The summed E-state index contributed by atoms with van der Waals surface area (Å²) >= 11 is 0. The maximum absolute atomic E-state index is 4.34. The molecule has 8 heavy (non-hydrogen) atoms. The summed E-state index contributed by atoms with van der Waals surface area (Å²) in [4.78, 5) is 0. The second kappa shape index (κ2) is 2.49. The summed E-state index contributed by atoms with van der Waals surface area (Å²) in [5.74, 6) is 1.69. The van der Waals surface area contributed by atoms with Crippen LogP contribution in [-0.2, 0) is 0 Å². The summed E-state index contributed by atoms with van der Waals surface area (Å²) in [7, 11) is 0. The molecule has 0 spiro atoms. The maximum atomic E-state index is 4.34. The molecule has 0 amide bonds. The molecule has 0 bridgehead atoms. The number of hydrogen-bond acceptors (Lipinski definition) is 0. The first kappa shape index (κ1) is 6.09. The third kappa shape index (κ3) is 1.48. The van der Waals surface area contributed by atoms with Crippen molar-refractivity contribution in [2.45, 2.75) is 20.3 Å². The van der Waals surface area contributed by atoms with E-state index in [1.807, 2.05) is 0 Å². The minimum atomic E-state index is 0.846. The Labute approximate surface area is 51.5 Å². The highest BCUT2D eigenvalue weighted by Gasteiger charge is 2.14. The first-order valence-corrected chi connectivity index (χ1v) is 3.42. The Morgan fingerprint density at radius 1 is 1.12 bits per heavy atom. The molecular formula is C7H14N. The quantitative estimate of drug-likeness (QED) is 0.448. The summed E-state index contributed by atoms with van der Waals surface area (Å²) in [5.41, 5.74) is 0. The van der Waals surface area contributed by atoms with Gasteiger partial charge >= 0.3 is 0 Å². The van der Waals surface area contributed by atoms with Gasteiger partial charge in [0.2, 0.25) is 0 Å². The second-order valence-corrected chi connectivity index (χ2v) is 3.03. The molecule has 1 aliphatic rings. The standard InChI is InChI=1S/C7H14N/c1-6-3-7(2)5-8-4-6/h6-7H,3-5H2,1-2H3/t6-,7-/m1/s1. The van der Waals surface area contributed by atoms with E-state index < -0.39 is 0 Å². The van der Waals surface area contributed by atoms with E-state index in [0.29, 0.717) is 0 Å². The van der Waals surface area contributed by atoms with Gasteiger partial charge in [-0.25, -0.2) is 5.32 Å². The van der Waals surface area contributed by atoms with Crippen molar-refractivity contribution in [1.82, 2.24) is 5.32 Å². The molecule has 0 saturated carbocycles. The van der Waals surface area contributed by atoms with E-state index in [4.69, 9.17) is 0 Å². The van der Waals surface area contributed by atoms with Crippen LogP contribution >= 0.6 is 0 Å². The highest BCUT2D eigenvalue weighted by Crippen LogP contribution is 2.14. The third-order valence-corrected chi connectivity index (χ3v) is 1.69.